The zero-order valence-electron chi connectivity index (χ0n) is 8.94. The van der Waals surface area contributed by atoms with E-state index in [0.29, 0.717) is 0 Å². The van der Waals surface area contributed by atoms with E-state index in [1.54, 1.807) is 29.7 Å². The number of hydrazone groups is 1. The number of amides is 1. The number of hydrogen-bond donors (Lipinski definition) is 1. The lowest BCUT2D eigenvalue weighted by Gasteiger charge is -1.93. The van der Waals surface area contributed by atoms with Gasteiger partial charge in [0.1, 0.15) is 0 Å². The van der Waals surface area contributed by atoms with Crippen LogP contribution in [-0.4, -0.2) is 12.1 Å². The van der Waals surface area contributed by atoms with Crippen molar-refractivity contribution in [3.05, 3.63) is 44.4 Å². The molecule has 0 aliphatic rings. The van der Waals surface area contributed by atoms with Gasteiger partial charge in [0.2, 0.25) is 0 Å². The third kappa shape index (κ3) is 3.04. The highest BCUT2D eigenvalue weighted by atomic mass is 79.9. The molecule has 0 radical (unpaired) electrons. The van der Waals surface area contributed by atoms with E-state index < -0.39 is 0 Å². The monoisotopic (exact) mass is 312 g/mol. The number of halogens is 1. The fourth-order valence-corrected chi connectivity index (χ4v) is 2.60. The van der Waals surface area contributed by atoms with Crippen LogP contribution in [0, 0.1) is 6.92 Å². The summed E-state index contributed by atoms with van der Waals surface area (Å²) in [5.41, 5.74) is 2.39. The highest BCUT2D eigenvalue weighted by Gasteiger charge is 2.06. The van der Waals surface area contributed by atoms with Gasteiger partial charge in [-0.25, -0.2) is 5.43 Å². The summed E-state index contributed by atoms with van der Waals surface area (Å²) in [6.07, 6.45) is 3.04. The van der Waals surface area contributed by atoms with Crippen LogP contribution in [0.4, 0.5) is 0 Å². The van der Waals surface area contributed by atoms with E-state index >= 15 is 0 Å². The van der Waals surface area contributed by atoms with Crippen molar-refractivity contribution in [2.24, 2.45) is 5.10 Å². The Morgan fingerprint density at radius 1 is 1.65 bits per heavy atom. The van der Waals surface area contributed by atoms with E-state index in [-0.39, 0.29) is 11.7 Å². The minimum absolute atomic E-state index is 0.241. The van der Waals surface area contributed by atoms with Gasteiger partial charge < -0.3 is 4.42 Å². The van der Waals surface area contributed by atoms with E-state index in [1.165, 1.54) is 11.1 Å². The smallest absolute Gasteiger partial charge is 0.307 e. The predicted octanol–water partition coefficient (Wildman–Crippen LogP) is 3.18. The molecule has 1 amide bonds. The van der Waals surface area contributed by atoms with E-state index in [1.807, 2.05) is 13.0 Å². The van der Waals surface area contributed by atoms with Crippen molar-refractivity contribution in [1.82, 2.24) is 5.43 Å². The first-order valence-corrected chi connectivity index (χ1v) is 6.40. The highest BCUT2D eigenvalue weighted by Crippen LogP contribution is 2.24. The number of nitrogens with zero attached hydrogens (tertiary/aromatic N) is 1. The van der Waals surface area contributed by atoms with E-state index in [4.69, 9.17) is 4.42 Å². The van der Waals surface area contributed by atoms with Gasteiger partial charge in [-0.1, -0.05) is 0 Å². The van der Waals surface area contributed by atoms with Crippen molar-refractivity contribution in [2.45, 2.75) is 6.92 Å². The zero-order valence-corrected chi connectivity index (χ0v) is 11.3. The Labute approximate surface area is 110 Å². The first kappa shape index (κ1) is 12.1. The Bertz CT molecular complexity index is 526. The Morgan fingerprint density at radius 3 is 3.06 bits per heavy atom. The van der Waals surface area contributed by atoms with Crippen LogP contribution in [-0.2, 0) is 0 Å². The molecule has 0 aromatic carbocycles. The fourth-order valence-electron chi connectivity index (χ4n) is 1.16. The molecule has 0 saturated heterocycles. The maximum Gasteiger partial charge on any atom is 0.307 e. The number of nitrogens with one attached hydrogen (secondary N) is 1. The summed E-state index contributed by atoms with van der Waals surface area (Å²) >= 11 is 5.01. The Morgan fingerprint density at radius 2 is 2.47 bits per heavy atom. The molecule has 0 saturated carbocycles. The maximum atomic E-state index is 11.4. The van der Waals surface area contributed by atoms with Crippen LogP contribution in [0.1, 0.15) is 20.3 Å². The molecule has 2 aromatic rings. The number of thiophene rings is 1. The molecule has 2 rings (SSSR count). The molecule has 2 heterocycles. The quantitative estimate of drug-likeness (QED) is 0.699. The SMILES string of the molecule is Cc1sc(/C=N\NC(=O)c2ccco2)cc1Br. The van der Waals surface area contributed by atoms with Crippen LogP contribution in [0.3, 0.4) is 0 Å². The molecular formula is C11H9BrN2O2S. The molecule has 2 aromatic heterocycles. The number of furan rings is 1. The van der Waals surface area contributed by atoms with Gasteiger partial charge in [0.05, 0.1) is 12.5 Å². The van der Waals surface area contributed by atoms with Gasteiger partial charge in [-0.05, 0) is 41.1 Å². The van der Waals surface area contributed by atoms with Crippen LogP contribution in [0.2, 0.25) is 0 Å². The average Bonchev–Trinajstić information content (AvgIpc) is 2.90. The van der Waals surface area contributed by atoms with Gasteiger partial charge in [0, 0.05) is 14.2 Å². The molecule has 0 fully saturated rings. The average molecular weight is 313 g/mol. The summed E-state index contributed by atoms with van der Waals surface area (Å²) < 4.78 is 5.97. The lowest BCUT2D eigenvalue weighted by molar-refractivity contribution is 0.0927. The number of hydrogen-bond acceptors (Lipinski definition) is 4. The lowest BCUT2D eigenvalue weighted by Crippen LogP contribution is -2.16. The molecule has 0 bridgehead atoms. The van der Waals surface area contributed by atoms with Crippen molar-refractivity contribution >= 4 is 39.4 Å². The lowest BCUT2D eigenvalue weighted by atomic mass is 10.4. The van der Waals surface area contributed by atoms with Crippen LogP contribution in [0.5, 0.6) is 0 Å². The first-order chi connectivity index (χ1) is 8.16. The molecule has 88 valence electrons. The standard InChI is InChI=1S/C11H9BrN2O2S/c1-7-9(12)5-8(17-7)6-13-14-11(15)10-3-2-4-16-10/h2-6H,1H3,(H,14,15)/b13-6-. The van der Waals surface area contributed by atoms with Crippen LogP contribution in [0.15, 0.2) is 38.5 Å². The van der Waals surface area contributed by atoms with E-state index in [9.17, 15) is 4.79 Å². The number of aryl methyl sites for hydroxylation is 1. The third-order valence-corrected chi connectivity index (χ3v) is 4.05. The second kappa shape index (κ2) is 5.29. The van der Waals surface area contributed by atoms with Gasteiger partial charge in [-0.3, -0.25) is 4.79 Å². The summed E-state index contributed by atoms with van der Waals surface area (Å²) in [4.78, 5) is 13.6. The fraction of sp³-hybridized carbons (Fsp3) is 0.0909. The second-order valence-corrected chi connectivity index (χ2v) is 5.37. The summed E-state index contributed by atoms with van der Waals surface area (Å²) in [7, 11) is 0. The molecule has 0 aliphatic heterocycles. The molecule has 17 heavy (non-hydrogen) atoms. The molecule has 0 atom stereocenters. The molecule has 4 nitrogen and oxygen atoms in total. The maximum absolute atomic E-state index is 11.4. The van der Waals surface area contributed by atoms with E-state index in [0.717, 1.165) is 9.35 Å². The largest absolute Gasteiger partial charge is 0.459 e. The number of rotatable bonds is 3. The number of carbonyl (C=O) groups excluding carboxylic acids is 1. The van der Waals surface area contributed by atoms with Crippen molar-refractivity contribution in [2.75, 3.05) is 0 Å². The molecule has 6 heteroatoms. The van der Waals surface area contributed by atoms with Crippen molar-refractivity contribution in [3.63, 3.8) is 0 Å². The Balaban J connectivity index is 1.96. The third-order valence-electron chi connectivity index (χ3n) is 1.98. The topological polar surface area (TPSA) is 54.6 Å². The summed E-state index contributed by atoms with van der Waals surface area (Å²) in [5.74, 6) is -0.121. The minimum Gasteiger partial charge on any atom is -0.459 e. The van der Waals surface area contributed by atoms with Gasteiger partial charge in [0.15, 0.2) is 5.76 Å². The Kier molecular flexibility index (Phi) is 3.75. The normalized spacial score (nSPS) is 10.9. The molecular weight excluding hydrogens is 304 g/mol. The summed E-state index contributed by atoms with van der Waals surface area (Å²) in [6, 6.07) is 5.18. The van der Waals surface area contributed by atoms with Crippen molar-refractivity contribution in [1.29, 1.82) is 0 Å². The van der Waals surface area contributed by atoms with Crippen LogP contribution in [0.25, 0.3) is 0 Å². The van der Waals surface area contributed by atoms with E-state index in [2.05, 4.69) is 26.5 Å². The second-order valence-electron chi connectivity index (χ2n) is 3.23. The minimum atomic E-state index is -0.362. The highest BCUT2D eigenvalue weighted by molar-refractivity contribution is 9.10. The molecule has 0 spiro atoms. The molecule has 1 N–H and O–H groups in total. The van der Waals surface area contributed by atoms with Gasteiger partial charge in [0.25, 0.3) is 0 Å². The van der Waals surface area contributed by atoms with Gasteiger partial charge in [-0.2, -0.15) is 5.10 Å². The summed E-state index contributed by atoms with van der Waals surface area (Å²) in [6.45, 7) is 2.01. The first-order valence-electron chi connectivity index (χ1n) is 4.79. The molecule has 0 unspecified atom stereocenters. The van der Waals surface area contributed by atoms with Crippen molar-refractivity contribution in [3.8, 4) is 0 Å². The summed E-state index contributed by atoms with van der Waals surface area (Å²) in [5, 5.41) is 3.86. The van der Waals surface area contributed by atoms with Gasteiger partial charge >= 0.3 is 5.91 Å². The Hall–Kier alpha value is -1.40. The van der Waals surface area contributed by atoms with Crippen LogP contribution >= 0.6 is 27.3 Å². The zero-order chi connectivity index (χ0) is 12.3. The predicted molar refractivity (Wildman–Crippen MR) is 70.5 cm³/mol. The van der Waals surface area contributed by atoms with Crippen LogP contribution < -0.4 is 5.43 Å². The van der Waals surface area contributed by atoms with Crippen molar-refractivity contribution < 1.29 is 9.21 Å². The number of carbonyl (C=O) groups is 1. The molecule has 0 aliphatic carbocycles. The van der Waals surface area contributed by atoms with Gasteiger partial charge in [-0.15, -0.1) is 11.3 Å².